The molecule has 138 valence electrons. The Bertz CT molecular complexity index is 788. The molecular formula is C21H28N4O. The first-order valence-corrected chi connectivity index (χ1v) is 9.73. The van der Waals surface area contributed by atoms with Gasteiger partial charge < -0.3 is 15.3 Å². The molecule has 0 spiro atoms. The van der Waals surface area contributed by atoms with Gasteiger partial charge in [0, 0.05) is 18.2 Å². The summed E-state index contributed by atoms with van der Waals surface area (Å²) in [7, 11) is 2.16. The second-order valence-corrected chi connectivity index (χ2v) is 7.91. The monoisotopic (exact) mass is 352 g/mol. The average molecular weight is 352 g/mol. The molecule has 5 nitrogen and oxygen atoms in total. The molecule has 4 rings (SSSR count). The molecule has 1 saturated heterocycles. The van der Waals surface area contributed by atoms with Crippen molar-refractivity contribution in [1.29, 1.82) is 0 Å². The first kappa shape index (κ1) is 17.3. The summed E-state index contributed by atoms with van der Waals surface area (Å²) in [6.45, 7) is 4.23. The molecule has 1 aromatic heterocycles. The maximum Gasteiger partial charge on any atom is 0.149 e. The van der Waals surface area contributed by atoms with Crippen LogP contribution in [0.5, 0.6) is 5.75 Å². The number of nitrogens with one attached hydrogen (secondary N) is 1. The second kappa shape index (κ2) is 7.23. The van der Waals surface area contributed by atoms with Crippen molar-refractivity contribution in [2.24, 2.45) is 0 Å². The molecule has 0 unspecified atom stereocenters. The highest BCUT2D eigenvalue weighted by Crippen LogP contribution is 2.40. The van der Waals surface area contributed by atoms with Crippen molar-refractivity contribution in [2.75, 3.05) is 25.5 Å². The van der Waals surface area contributed by atoms with Crippen LogP contribution in [0.25, 0.3) is 11.3 Å². The van der Waals surface area contributed by atoms with Crippen LogP contribution in [0, 0.1) is 6.92 Å². The summed E-state index contributed by atoms with van der Waals surface area (Å²) < 4.78 is 0. The fraction of sp³-hybridized carbons (Fsp3) is 0.524. The van der Waals surface area contributed by atoms with E-state index in [1.54, 1.807) is 0 Å². The van der Waals surface area contributed by atoms with Gasteiger partial charge in [-0.15, -0.1) is 10.2 Å². The topological polar surface area (TPSA) is 61.3 Å². The van der Waals surface area contributed by atoms with Crippen molar-refractivity contribution in [3.8, 4) is 17.0 Å². The molecule has 1 atom stereocenters. The lowest BCUT2D eigenvalue weighted by Crippen LogP contribution is -2.39. The van der Waals surface area contributed by atoms with Gasteiger partial charge in [-0.2, -0.15) is 0 Å². The Morgan fingerprint density at radius 2 is 1.96 bits per heavy atom. The first-order chi connectivity index (χ1) is 12.6. The van der Waals surface area contributed by atoms with Crippen LogP contribution in [0.3, 0.4) is 0 Å². The Morgan fingerprint density at radius 1 is 1.12 bits per heavy atom. The number of phenolic OH excluding ortho intramolecular Hbond substituents is 1. The lowest BCUT2D eigenvalue weighted by molar-refractivity contribution is 0.260. The number of hydrogen-bond acceptors (Lipinski definition) is 5. The summed E-state index contributed by atoms with van der Waals surface area (Å²) in [5, 5.41) is 22.8. The third-order valence-corrected chi connectivity index (χ3v) is 5.81. The number of piperidine rings is 1. The first-order valence-electron chi connectivity index (χ1n) is 9.73. The third kappa shape index (κ3) is 3.54. The predicted octanol–water partition coefficient (Wildman–Crippen LogP) is 3.93. The number of aryl methyl sites for hydroxylation is 1. The van der Waals surface area contributed by atoms with Gasteiger partial charge in [0.05, 0.1) is 5.69 Å². The van der Waals surface area contributed by atoms with Crippen molar-refractivity contribution < 1.29 is 5.11 Å². The molecule has 1 saturated carbocycles. The predicted molar refractivity (Wildman–Crippen MR) is 105 cm³/mol. The minimum absolute atomic E-state index is 0.307. The fourth-order valence-electron chi connectivity index (χ4n) is 4.06. The standard InChI is InChI=1S/C21H28N4O/c1-14-11-20(22-17-7-4-10-25(2)13-17)23-24-21(14)18-9-8-16(12-19(18)26)15-5-3-6-15/h8-9,11-12,15,17,26H,3-7,10,13H2,1-2H3,(H,22,23)/t17-/m1/s1. The molecule has 0 radical (unpaired) electrons. The van der Waals surface area contributed by atoms with Crippen LogP contribution in [-0.2, 0) is 0 Å². The molecule has 1 aliphatic carbocycles. The SMILES string of the molecule is Cc1cc(N[C@@H]2CCCN(C)C2)nnc1-c1ccc(C2CCC2)cc1O. The average Bonchev–Trinajstić information content (AvgIpc) is 2.54. The Hall–Kier alpha value is -2.14. The van der Waals surface area contributed by atoms with E-state index in [1.807, 2.05) is 25.1 Å². The van der Waals surface area contributed by atoms with Gasteiger partial charge in [-0.3, -0.25) is 0 Å². The van der Waals surface area contributed by atoms with Gasteiger partial charge in [0.15, 0.2) is 0 Å². The van der Waals surface area contributed by atoms with Crippen LogP contribution in [0.1, 0.15) is 49.1 Å². The number of benzene rings is 1. The van der Waals surface area contributed by atoms with E-state index in [9.17, 15) is 5.11 Å². The molecule has 2 aliphatic rings. The van der Waals surface area contributed by atoms with Crippen molar-refractivity contribution >= 4 is 5.82 Å². The summed E-state index contributed by atoms with van der Waals surface area (Å²) in [6.07, 6.45) is 6.13. The number of likely N-dealkylation sites (tertiary alicyclic amines) is 1. The fourth-order valence-corrected chi connectivity index (χ4v) is 4.06. The number of rotatable bonds is 4. The van der Waals surface area contributed by atoms with Crippen molar-refractivity contribution in [2.45, 2.75) is 51.0 Å². The molecule has 1 aromatic carbocycles. The molecule has 2 heterocycles. The van der Waals surface area contributed by atoms with E-state index in [0.717, 1.165) is 42.1 Å². The van der Waals surface area contributed by atoms with Crippen LogP contribution in [-0.4, -0.2) is 46.4 Å². The van der Waals surface area contributed by atoms with Gasteiger partial charge in [-0.05, 0) is 81.4 Å². The number of nitrogens with zero attached hydrogens (tertiary/aromatic N) is 3. The molecular weight excluding hydrogens is 324 g/mol. The number of phenols is 1. The van der Waals surface area contributed by atoms with Gasteiger partial charge in [-0.25, -0.2) is 0 Å². The molecule has 2 aromatic rings. The zero-order chi connectivity index (χ0) is 18.1. The lowest BCUT2D eigenvalue weighted by atomic mass is 9.79. The summed E-state index contributed by atoms with van der Waals surface area (Å²) in [5.41, 5.74) is 3.79. The highest BCUT2D eigenvalue weighted by molar-refractivity contribution is 5.70. The van der Waals surface area contributed by atoms with E-state index in [0.29, 0.717) is 17.7 Å². The largest absolute Gasteiger partial charge is 0.507 e. The molecule has 2 N–H and O–H groups in total. The lowest BCUT2D eigenvalue weighted by Gasteiger charge is -2.30. The van der Waals surface area contributed by atoms with E-state index in [1.165, 1.54) is 31.2 Å². The Kier molecular flexibility index (Phi) is 4.81. The summed E-state index contributed by atoms with van der Waals surface area (Å²) in [4.78, 5) is 2.34. The number of hydrogen-bond donors (Lipinski definition) is 2. The van der Waals surface area contributed by atoms with E-state index < -0.39 is 0 Å². The van der Waals surface area contributed by atoms with Crippen LogP contribution >= 0.6 is 0 Å². The van der Waals surface area contributed by atoms with E-state index in [-0.39, 0.29) is 0 Å². The van der Waals surface area contributed by atoms with Gasteiger partial charge in [0.2, 0.25) is 0 Å². The quantitative estimate of drug-likeness (QED) is 0.873. The van der Waals surface area contributed by atoms with Gasteiger partial charge >= 0.3 is 0 Å². The maximum absolute atomic E-state index is 10.5. The zero-order valence-electron chi connectivity index (χ0n) is 15.7. The Labute approximate surface area is 155 Å². The molecule has 26 heavy (non-hydrogen) atoms. The van der Waals surface area contributed by atoms with E-state index in [4.69, 9.17) is 0 Å². The van der Waals surface area contributed by atoms with Gasteiger partial charge in [0.25, 0.3) is 0 Å². The van der Waals surface area contributed by atoms with Crippen molar-refractivity contribution in [1.82, 2.24) is 15.1 Å². The van der Waals surface area contributed by atoms with E-state index >= 15 is 0 Å². The normalized spacial score (nSPS) is 21.4. The van der Waals surface area contributed by atoms with Crippen LogP contribution in [0.2, 0.25) is 0 Å². The van der Waals surface area contributed by atoms with Gasteiger partial charge in [-0.1, -0.05) is 12.5 Å². The number of aromatic hydroxyl groups is 1. The van der Waals surface area contributed by atoms with E-state index in [2.05, 4.69) is 33.5 Å². The second-order valence-electron chi connectivity index (χ2n) is 7.91. The Balaban J connectivity index is 1.52. The van der Waals surface area contributed by atoms with Crippen molar-refractivity contribution in [3.63, 3.8) is 0 Å². The zero-order valence-corrected chi connectivity index (χ0v) is 15.7. The molecule has 0 bridgehead atoms. The smallest absolute Gasteiger partial charge is 0.149 e. The van der Waals surface area contributed by atoms with Crippen LogP contribution in [0.15, 0.2) is 24.3 Å². The minimum atomic E-state index is 0.307. The highest BCUT2D eigenvalue weighted by atomic mass is 16.3. The summed E-state index contributed by atoms with van der Waals surface area (Å²) in [5.74, 6) is 1.74. The highest BCUT2D eigenvalue weighted by Gasteiger charge is 2.21. The number of aromatic nitrogens is 2. The van der Waals surface area contributed by atoms with Crippen molar-refractivity contribution in [3.05, 3.63) is 35.4 Å². The number of anilines is 1. The Morgan fingerprint density at radius 3 is 2.62 bits per heavy atom. The summed E-state index contributed by atoms with van der Waals surface area (Å²) >= 11 is 0. The van der Waals surface area contributed by atoms with Crippen LogP contribution in [0.4, 0.5) is 5.82 Å². The van der Waals surface area contributed by atoms with Crippen LogP contribution < -0.4 is 5.32 Å². The molecule has 0 amide bonds. The molecule has 1 aliphatic heterocycles. The minimum Gasteiger partial charge on any atom is -0.507 e. The summed E-state index contributed by atoms with van der Waals surface area (Å²) in [6, 6.07) is 8.48. The molecule has 5 heteroatoms. The molecule has 2 fully saturated rings. The maximum atomic E-state index is 10.5. The third-order valence-electron chi connectivity index (χ3n) is 5.81. The number of likely N-dealkylation sites (N-methyl/N-ethyl adjacent to an activating group) is 1. The van der Waals surface area contributed by atoms with Gasteiger partial charge in [0.1, 0.15) is 11.6 Å².